The predicted molar refractivity (Wildman–Crippen MR) is 92.2 cm³/mol. The van der Waals surface area contributed by atoms with Crippen molar-refractivity contribution in [3.8, 4) is 11.4 Å². The summed E-state index contributed by atoms with van der Waals surface area (Å²) in [5.41, 5.74) is 1.03. The average molecular weight is 390 g/mol. The number of methoxy groups -OCH3 is 1. The second-order valence-corrected chi connectivity index (χ2v) is 5.75. The number of ether oxygens (including phenoxy) is 1. The standard InChI is InChI=1S/C17H13BrFN3O2/c1-24-16-10-11(6-7-12(16)18)20-17(23)14-8-9-22(21-14)15-5-3-2-4-13(15)19/h2-10H,1H3,(H,20,23). The fourth-order valence-electron chi connectivity index (χ4n) is 2.15. The summed E-state index contributed by atoms with van der Waals surface area (Å²) in [4.78, 5) is 12.3. The van der Waals surface area contributed by atoms with Crippen LogP contribution in [0.5, 0.6) is 5.75 Å². The Morgan fingerprint density at radius 3 is 2.79 bits per heavy atom. The molecule has 24 heavy (non-hydrogen) atoms. The first-order valence-corrected chi connectivity index (χ1v) is 7.83. The molecule has 3 rings (SSSR count). The van der Waals surface area contributed by atoms with E-state index in [4.69, 9.17) is 4.74 Å². The highest BCUT2D eigenvalue weighted by Crippen LogP contribution is 2.28. The van der Waals surface area contributed by atoms with E-state index in [1.54, 1.807) is 43.5 Å². The zero-order valence-corrected chi connectivity index (χ0v) is 14.2. The van der Waals surface area contributed by atoms with E-state index in [9.17, 15) is 9.18 Å². The van der Waals surface area contributed by atoms with E-state index in [1.807, 2.05) is 0 Å². The van der Waals surface area contributed by atoms with E-state index >= 15 is 0 Å². The van der Waals surface area contributed by atoms with Crippen LogP contribution in [0.4, 0.5) is 10.1 Å². The van der Waals surface area contributed by atoms with Crippen molar-refractivity contribution < 1.29 is 13.9 Å². The molecule has 0 aliphatic carbocycles. The molecule has 3 aromatic rings. The molecule has 1 N–H and O–H groups in total. The van der Waals surface area contributed by atoms with Crippen LogP contribution in [-0.2, 0) is 0 Å². The van der Waals surface area contributed by atoms with Gasteiger partial charge in [-0.3, -0.25) is 4.79 Å². The van der Waals surface area contributed by atoms with Gasteiger partial charge in [-0.2, -0.15) is 5.10 Å². The van der Waals surface area contributed by atoms with Gasteiger partial charge in [-0.1, -0.05) is 12.1 Å². The van der Waals surface area contributed by atoms with Gasteiger partial charge in [-0.25, -0.2) is 9.07 Å². The number of para-hydroxylation sites is 1. The molecule has 0 atom stereocenters. The second-order valence-electron chi connectivity index (χ2n) is 4.90. The van der Waals surface area contributed by atoms with E-state index in [1.165, 1.54) is 23.0 Å². The summed E-state index contributed by atoms with van der Waals surface area (Å²) in [5.74, 6) is -0.204. The molecule has 0 aliphatic heterocycles. The summed E-state index contributed by atoms with van der Waals surface area (Å²) < 4.78 is 21.1. The van der Waals surface area contributed by atoms with Gasteiger partial charge in [0.1, 0.15) is 17.3 Å². The maximum atomic E-state index is 13.8. The molecule has 1 heterocycles. The number of hydrogen-bond donors (Lipinski definition) is 1. The molecule has 0 spiro atoms. The van der Waals surface area contributed by atoms with Crippen LogP contribution in [0.2, 0.25) is 0 Å². The number of carbonyl (C=O) groups is 1. The Bertz CT molecular complexity index is 895. The highest BCUT2D eigenvalue weighted by atomic mass is 79.9. The van der Waals surface area contributed by atoms with E-state index in [0.717, 1.165) is 4.47 Å². The quantitative estimate of drug-likeness (QED) is 0.732. The van der Waals surface area contributed by atoms with Crippen LogP contribution in [0, 0.1) is 5.82 Å². The number of nitrogens with one attached hydrogen (secondary N) is 1. The van der Waals surface area contributed by atoms with Crippen LogP contribution in [0.1, 0.15) is 10.5 Å². The molecule has 1 aromatic heterocycles. The lowest BCUT2D eigenvalue weighted by Gasteiger charge is -2.07. The van der Waals surface area contributed by atoms with Gasteiger partial charge < -0.3 is 10.1 Å². The summed E-state index contributed by atoms with van der Waals surface area (Å²) in [5, 5.41) is 6.85. The lowest BCUT2D eigenvalue weighted by molar-refractivity contribution is 0.102. The Labute approximate surface area is 146 Å². The minimum absolute atomic E-state index is 0.181. The van der Waals surface area contributed by atoms with Gasteiger partial charge in [0.05, 0.1) is 11.6 Å². The highest BCUT2D eigenvalue weighted by molar-refractivity contribution is 9.10. The maximum absolute atomic E-state index is 13.8. The molecular formula is C17H13BrFN3O2. The number of halogens is 2. The summed E-state index contributed by atoms with van der Waals surface area (Å²) in [6.07, 6.45) is 1.54. The van der Waals surface area contributed by atoms with E-state index in [-0.39, 0.29) is 11.4 Å². The van der Waals surface area contributed by atoms with E-state index in [2.05, 4.69) is 26.3 Å². The number of benzene rings is 2. The van der Waals surface area contributed by atoms with Crippen LogP contribution >= 0.6 is 15.9 Å². The Kier molecular flexibility index (Phi) is 4.61. The number of anilines is 1. The van der Waals surface area contributed by atoms with E-state index < -0.39 is 11.7 Å². The highest BCUT2D eigenvalue weighted by Gasteiger charge is 2.13. The Morgan fingerprint density at radius 2 is 2.04 bits per heavy atom. The lowest BCUT2D eigenvalue weighted by atomic mass is 10.3. The van der Waals surface area contributed by atoms with Crippen molar-refractivity contribution in [1.82, 2.24) is 9.78 Å². The summed E-state index contributed by atoms with van der Waals surface area (Å²) in [6.45, 7) is 0. The van der Waals surface area contributed by atoms with Crippen molar-refractivity contribution in [3.63, 3.8) is 0 Å². The molecule has 122 valence electrons. The largest absolute Gasteiger partial charge is 0.495 e. The number of carbonyl (C=O) groups excluding carboxylic acids is 1. The normalized spacial score (nSPS) is 10.5. The van der Waals surface area contributed by atoms with Crippen LogP contribution < -0.4 is 10.1 Å². The average Bonchev–Trinajstić information content (AvgIpc) is 3.07. The molecule has 0 bridgehead atoms. The van der Waals surface area contributed by atoms with Gasteiger partial charge >= 0.3 is 0 Å². The molecule has 5 nitrogen and oxygen atoms in total. The van der Waals surface area contributed by atoms with Crippen LogP contribution in [0.3, 0.4) is 0 Å². The number of aromatic nitrogens is 2. The van der Waals surface area contributed by atoms with Gasteiger partial charge in [-0.05, 0) is 46.3 Å². The Morgan fingerprint density at radius 1 is 1.25 bits per heavy atom. The molecule has 2 aromatic carbocycles. The maximum Gasteiger partial charge on any atom is 0.276 e. The predicted octanol–water partition coefficient (Wildman–Crippen LogP) is 4.03. The van der Waals surface area contributed by atoms with E-state index in [0.29, 0.717) is 11.4 Å². The van der Waals surface area contributed by atoms with Crippen LogP contribution in [-0.4, -0.2) is 22.8 Å². The summed E-state index contributed by atoms with van der Waals surface area (Å²) in [7, 11) is 1.54. The first kappa shape index (κ1) is 16.2. The van der Waals surface area contributed by atoms with Crippen molar-refractivity contribution in [2.45, 2.75) is 0 Å². The zero-order chi connectivity index (χ0) is 17.1. The minimum atomic E-state index is -0.412. The smallest absolute Gasteiger partial charge is 0.276 e. The second kappa shape index (κ2) is 6.84. The number of hydrogen-bond acceptors (Lipinski definition) is 3. The van der Waals surface area contributed by atoms with Gasteiger partial charge in [0.25, 0.3) is 5.91 Å². The van der Waals surface area contributed by atoms with Gasteiger partial charge in [0.15, 0.2) is 5.69 Å². The third-order valence-electron chi connectivity index (χ3n) is 3.33. The minimum Gasteiger partial charge on any atom is -0.495 e. The van der Waals surface area contributed by atoms with Gasteiger partial charge in [0, 0.05) is 18.0 Å². The number of rotatable bonds is 4. The Hall–Kier alpha value is -2.67. The molecule has 0 fully saturated rings. The monoisotopic (exact) mass is 389 g/mol. The van der Waals surface area contributed by atoms with Crippen molar-refractivity contribution in [1.29, 1.82) is 0 Å². The molecule has 7 heteroatoms. The first-order valence-electron chi connectivity index (χ1n) is 7.04. The first-order chi connectivity index (χ1) is 11.6. The fourth-order valence-corrected chi connectivity index (χ4v) is 2.56. The van der Waals surface area contributed by atoms with Crippen molar-refractivity contribution in [2.24, 2.45) is 0 Å². The summed E-state index contributed by atoms with van der Waals surface area (Å²) in [6, 6.07) is 12.9. The van der Waals surface area contributed by atoms with Crippen LogP contribution in [0.15, 0.2) is 59.2 Å². The zero-order valence-electron chi connectivity index (χ0n) is 12.7. The van der Waals surface area contributed by atoms with Crippen LogP contribution in [0.25, 0.3) is 5.69 Å². The molecule has 0 saturated carbocycles. The van der Waals surface area contributed by atoms with Gasteiger partial charge in [-0.15, -0.1) is 0 Å². The molecule has 1 amide bonds. The topological polar surface area (TPSA) is 56.1 Å². The fraction of sp³-hybridized carbons (Fsp3) is 0.0588. The number of nitrogens with zero attached hydrogens (tertiary/aromatic N) is 2. The van der Waals surface area contributed by atoms with Crippen molar-refractivity contribution in [3.05, 3.63) is 70.7 Å². The SMILES string of the molecule is COc1cc(NC(=O)c2ccn(-c3ccccc3F)n2)ccc1Br. The molecule has 0 radical (unpaired) electrons. The Balaban J connectivity index is 1.80. The van der Waals surface area contributed by atoms with Crippen molar-refractivity contribution >= 4 is 27.5 Å². The third kappa shape index (κ3) is 3.30. The number of amides is 1. The third-order valence-corrected chi connectivity index (χ3v) is 3.99. The molecule has 0 aliphatic rings. The summed E-state index contributed by atoms with van der Waals surface area (Å²) >= 11 is 3.35. The molecule has 0 unspecified atom stereocenters. The molecule has 0 saturated heterocycles. The molecular weight excluding hydrogens is 377 g/mol. The van der Waals surface area contributed by atoms with Crippen molar-refractivity contribution in [2.75, 3.05) is 12.4 Å². The van der Waals surface area contributed by atoms with Gasteiger partial charge in [0.2, 0.25) is 0 Å². The lowest BCUT2D eigenvalue weighted by Crippen LogP contribution is -2.13.